The standard InChI is InChI=1S/C45H80BNO/c1-3-5-7-9-11-13-15-17-19-21-23-25-27-29-31-33-35-39-45(40-36-43(48-45)37-41-47-42-44(47)46)38-34-32-30-28-26-24-22-20-18-16-14-12-10-8-6-4-2/h11-14,17-20,25,27,43-44H,3-10,15-16,21-24,26,28-42,46H2,1-2H3/b13-11-,14-12-,19-17-,20-18-,27-25+. The van der Waals surface area contributed by atoms with Crippen LogP contribution in [0.4, 0.5) is 0 Å². The molecule has 2 nitrogen and oxygen atoms in total. The Labute approximate surface area is 301 Å². The van der Waals surface area contributed by atoms with Gasteiger partial charge in [-0.1, -0.05) is 145 Å². The summed E-state index contributed by atoms with van der Waals surface area (Å²) >= 11 is 0. The number of nitrogens with zero attached hydrogens (tertiary/aromatic N) is 1. The molecule has 0 spiro atoms. The van der Waals surface area contributed by atoms with Crippen molar-refractivity contribution in [3.63, 3.8) is 0 Å². The summed E-state index contributed by atoms with van der Waals surface area (Å²) in [5, 5.41) is 0. The topological polar surface area (TPSA) is 12.2 Å². The van der Waals surface area contributed by atoms with E-state index in [1.165, 1.54) is 180 Å². The first-order chi connectivity index (χ1) is 23.7. The molecule has 2 aliphatic heterocycles. The third-order valence-electron chi connectivity index (χ3n) is 10.6. The Morgan fingerprint density at radius 2 is 0.979 bits per heavy atom. The van der Waals surface area contributed by atoms with Crippen LogP contribution < -0.4 is 0 Å². The van der Waals surface area contributed by atoms with Gasteiger partial charge in [-0.25, -0.2) is 0 Å². The molecule has 2 heterocycles. The van der Waals surface area contributed by atoms with Crippen molar-refractivity contribution in [1.29, 1.82) is 0 Å². The highest BCUT2D eigenvalue weighted by Crippen LogP contribution is 2.40. The molecule has 274 valence electrons. The Hall–Kier alpha value is -1.32. The molecule has 0 aromatic rings. The first kappa shape index (κ1) is 42.9. The minimum absolute atomic E-state index is 0.178. The van der Waals surface area contributed by atoms with E-state index in [0.29, 0.717) is 6.10 Å². The van der Waals surface area contributed by atoms with Crippen molar-refractivity contribution in [3.8, 4) is 0 Å². The summed E-state index contributed by atoms with van der Waals surface area (Å²) < 4.78 is 6.95. The first-order valence-corrected chi connectivity index (χ1v) is 21.4. The number of rotatable bonds is 33. The van der Waals surface area contributed by atoms with E-state index in [4.69, 9.17) is 4.74 Å². The summed E-state index contributed by atoms with van der Waals surface area (Å²) in [6, 6.07) is 0. The molecule has 2 aliphatic rings. The maximum atomic E-state index is 6.95. The first-order valence-electron chi connectivity index (χ1n) is 21.4. The Morgan fingerprint density at radius 3 is 1.50 bits per heavy atom. The lowest BCUT2D eigenvalue weighted by atomic mass is 9.87. The SMILES string of the molecule is BC1CN1CCC1CCC(CCCCC/C=C/CC/C=C\C/C=C\CCCCC)(CCCCCCCC/C=C\C/C=C\CCCCC)O1. The van der Waals surface area contributed by atoms with Crippen molar-refractivity contribution in [2.24, 2.45) is 0 Å². The molecule has 0 bridgehead atoms. The summed E-state index contributed by atoms with van der Waals surface area (Å²) in [6.45, 7) is 7.09. The van der Waals surface area contributed by atoms with E-state index in [2.05, 4.69) is 87.4 Å². The summed E-state index contributed by atoms with van der Waals surface area (Å²) in [5.41, 5.74) is 0.178. The zero-order valence-electron chi connectivity index (χ0n) is 32.5. The number of unbranched alkanes of at least 4 members (excludes halogenated alkanes) is 16. The van der Waals surface area contributed by atoms with Crippen LogP contribution in [0, 0.1) is 0 Å². The molecular formula is C45H80BNO. The molecular weight excluding hydrogens is 581 g/mol. The lowest BCUT2D eigenvalue weighted by Crippen LogP contribution is -2.30. The van der Waals surface area contributed by atoms with E-state index in [9.17, 15) is 0 Å². The van der Waals surface area contributed by atoms with E-state index < -0.39 is 0 Å². The second-order valence-corrected chi connectivity index (χ2v) is 15.3. The van der Waals surface area contributed by atoms with Crippen molar-refractivity contribution in [3.05, 3.63) is 60.8 Å². The third kappa shape index (κ3) is 23.9. The van der Waals surface area contributed by atoms with Gasteiger partial charge in [-0.2, -0.15) is 0 Å². The fraction of sp³-hybridized carbons (Fsp3) is 0.778. The minimum Gasteiger partial charge on any atom is -0.372 e. The zero-order valence-corrected chi connectivity index (χ0v) is 32.5. The van der Waals surface area contributed by atoms with Crippen LogP contribution >= 0.6 is 0 Å². The minimum atomic E-state index is 0.178. The van der Waals surface area contributed by atoms with Crippen LogP contribution in [0.3, 0.4) is 0 Å². The van der Waals surface area contributed by atoms with Gasteiger partial charge in [0.05, 0.1) is 11.7 Å². The molecule has 0 N–H and O–H groups in total. The van der Waals surface area contributed by atoms with Crippen molar-refractivity contribution >= 4 is 7.85 Å². The van der Waals surface area contributed by atoms with Gasteiger partial charge < -0.3 is 9.64 Å². The Morgan fingerprint density at radius 1 is 0.562 bits per heavy atom. The van der Waals surface area contributed by atoms with Crippen LogP contribution in [0.15, 0.2) is 60.8 Å². The van der Waals surface area contributed by atoms with Gasteiger partial charge in [0.15, 0.2) is 0 Å². The van der Waals surface area contributed by atoms with Crippen molar-refractivity contribution < 1.29 is 4.74 Å². The molecule has 48 heavy (non-hydrogen) atoms. The predicted octanol–water partition coefficient (Wildman–Crippen LogP) is 13.1. The number of hydrogen-bond donors (Lipinski definition) is 0. The quantitative estimate of drug-likeness (QED) is 0.0300. The Kier molecular flexibility index (Phi) is 27.2. The summed E-state index contributed by atoms with van der Waals surface area (Å²) in [6.07, 6.45) is 60.4. The highest BCUT2D eigenvalue weighted by atomic mass is 16.5. The van der Waals surface area contributed by atoms with E-state index >= 15 is 0 Å². The number of ether oxygens (including phenoxy) is 1. The number of allylic oxidation sites excluding steroid dienone is 10. The van der Waals surface area contributed by atoms with Crippen LogP contribution in [0.2, 0.25) is 0 Å². The van der Waals surface area contributed by atoms with Crippen LogP contribution in [0.5, 0.6) is 0 Å². The van der Waals surface area contributed by atoms with Crippen LogP contribution in [0.1, 0.15) is 194 Å². The van der Waals surface area contributed by atoms with E-state index in [1.807, 2.05) is 0 Å². The van der Waals surface area contributed by atoms with Gasteiger partial charge in [0.25, 0.3) is 0 Å². The van der Waals surface area contributed by atoms with Crippen molar-refractivity contribution in [2.75, 3.05) is 13.1 Å². The van der Waals surface area contributed by atoms with E-state index in [1.54, 1.807) is 0 Å². The van der Waals surface area contributed by atoms with E-state index in [0.717, 1.165) is 18.8 Å². The Balaban J connectivity index is 1.54. The fourth-order valence-corrected chi connectivity index (χ4v) is 7.27. The molecule has 4 atom stereocenters. The van der Waals surface area contributed by atoms with Gasteiger partial charge in [0.1, 0.15) is 7.85 Å². The van der Waals surface area contributed by atoms with Gasteiger partial charge in [0, 0.05) is 13.1 Å². The Bertz CT molecular complexity index is 874. The molecule has 0 radical (unpaired) electrons. The monoisotopic (exact) mass is 662 g/mol. The molecule has 0 aromatic carbocycles. The van der Waals surface area contributed by atoms with Gasteiger partial charge in [-0.3, -0.25) is 0 Å². The summed E-state index contributed by atoms with van der Waals surface area (Å²) in [4.78, 5) is 2.60. The van der Waals surface area contributed by atoms with Crippen LogP contribution in [-0.2, 0) is 4.74 Å². The molecule has 0 amide bonds. The van der Waals surface area contributed by atoms with Gasteiger partial charge in [-0.15, -0.1) is 0 Å². The largest absolute Gasteiger partial charge is 0.372 e. The maximum absolute atomic E-state index is 6.95. The second kappa shape index (κ2) is 30.5. The normalized spacial score (nSPS) is 23.0. The number of hydrogen-bond acceptors (Lipinski definition) is 2. The molecule has 4 unspecified atom stereocenters. The van der Waals surface area contributed by atoms with Gasteiger partial charge >= 0.3 is 0 Å². The molecule has 0 aliphatic carbocycles. The molecule has 2 rings (SSSR count). The lowest BCUT2D eigenvalue weighted by molar-refractivity contribution is -0.0578. The highest BCUT2D eigenvalue weighted by molar-refractivity contribution is 6.13. The summed E-state index contributed by atoms with van der Waals surface area (Å²) in [5.74, 6) is 0.812. The van der Waals surface area contributed by atoms with Crippen LogP contribution in [-0.4, -0.2) is 43.5 Å². The molecule has 0 saturated carbocycles. The van der Waals surface area contributed by atoms with Crippen LogP contribution in [0.25, 0.3) is 0 Å². The fourth-order valence-electron chi connectivity index (χ4n) is 7.27. The second-order valence-electron chi connectivity index (χ2n) is 15.3. The molecule has 2 fully saturated rings. The smallest absolute Gasteiger partial charge is 0.125 e. The molecule has 3 heteroatoms. The third-order valence-corrected chi connectivity index (χ3v) is 10.6. The lowest BCUT2D eigenvalue weighted by Gasteiger charge is -2.30. The maximum Gasteiger partial charge on any atom is 0.125 e. The van der Waals surface area contributed by atoms with Crippen molar-refractivity contribution in [2.45, 2.75) is 211 Å². The molecule has 0 aromatic heterocycles. The molecule has 2 saturated heterocycles. The summed E-state index contributed by atoms with van der Waals surface area (Å²) in [7, 11) is 2.35. The predicted molar refractivity (Wildman–Crippen MR) is 218 cm³/mol. The van der Waals surface area contributed by atoms with Crippen molar-refractivity contribution in [1.82, 2.24) is 4.90 Å². The van der Waals surface area contributed by atoms with Gasteiger partial charge in [-0.05, 0) is 115 Å². The zero-order chi connectivity index (χ0) is 34.2. The van der Waals surface area contributed by atoms with E-state index in [-0.39, 0.29) is 5.60 Å². The average molecular weight is 662 g/mol. The van der Waals surface area contributed by atoms with Gasteiger partial charge in [0.2, 0.25) is 0 Å². The highest BCUT2D eigenvalue weighted by Gasteiger charge is 2.39. The average Bonchev–Trinajstić information content (AvgIpc) is 3.66.